The molecule has 0 fully saturated rings. The van der Waals surface area contributed by atoms with Crippen molar-refractivity contribution >= 4 is 5.69 Å². The van der Waals surface area contributed by atoms with Gasteiger partial charge in [-0.1, -0.05) is 12.1 Å². The van der Waals surface area contributed by atoms with Gasteiger partial charge in [0.2, 0.25) is 5.88 Å². The lowest BCUT2D eigenvalue weighted by atomic mass is 10.0. The molecule has 3 rings (SSSR count). The van der Waals surface area contributed by atoms with Crippen molar-refractivity contribution < 1.29 is 9.47 Å². The zero-order valence-corrected chi connectivity index (χ0v) is 11.0. The number of hydrogen-bond donors (Lipinski definition) is 1. The molecule has 0 spiro atoms. The predicted molar refractivity (Wildman–Crippen MR) is 73.6 cm³/mol. The molecule has 0 amide bonds. The molecule has 0 unspecified atom stereocenters. The average molecular weight is 256 g/mol. The van der Waals surface area contributed by atoms with Gasteiger partial charge in [0.1, 0.15) is 5.60 Å². The van der Waals surface area contributed by atoms with E-state index in [1.54, 1.807) is 18.3 Å². The molecule has 0 bridgehead atoms. The molecule has 0 saturated heterocycles. The highest BCUT2D eigenvalue weighted by molar-refractivity contribution is 5.51. The quantitative estimate of drug-likeness (QED) is 0.896. The van der Waals surface area contributed by atoms with E-state index in [0.29, 0.717) is 17.3 Å². The lowest BCUT2D eigenvalue weighted by Gasteiger charge is -2.18. The van der Waals surface area contributed by atoms with E-state index in [4.69, 9.17) is 15.2 Å². The van der Waals surface area contributed by atoms with Crippen molar-refractivity contribution in [2.45, 2.75) is 25.9 Å². The van der Waals surface area contributed by atoms with Crippen LogP contribution in [0.25, 0.3) is 0 Å². The van der Waals surface area contributed by atoms with Crippen molar-refractivity contribution in [1.29, 1.82) is 0 Å². The highest BCUT2D eigenvalue weighted by Gasteiger charge is 2.32. The van der Waals surface area contributed by atoms with E-state index >= 15 is 0 Å². The Hall–Kier alpha value is -2.23. The average Bonchev–Trinajstić information content (AvgIpc) is 2.67. The molecule has 4 nitrogen and oxygen atoms in total. The summed E-state index contributed by atoms with van der Waals surface area (Å²) in [6.45, 7) is 4.14. The van der Waals surface area contributed by atoms with Gasteiger partial charge in [0.15, 0.2) is 11.5 Å². The summed E-state index contributed by atoms with van der Waals surface area (Å²) < 4.78 is 11.7. The van der Waals surface area contributed by atoms with E-state index in [0.717, 1.165) is 17.7 Å². The van der Waals surface area contributed by atoms with E-state index in [9.17, 15) is 0 Å². The number of nitrogens with zero attached hydrogens (tertiary/aromatic N) is 1. The summed E-state index contributed by atoms with van der Waals surface area (Å²) in [6.07, 6.45) is 2.46. The smallest absolute Gasteiger partial charge is 0.219 e. The Kier molecular flexibility index (Phi) is 2.59. The first-order valence-corrected chi connectivity index (χ1v) is 6.24. The van der Waals surface area contributed by atoms with Crippen LogP contribution in [0.1, 0.15) is 19.4 Å². The summed E-state index contributed by atoms with van der Waals surface area (Å²) in [7, 11) is 0. The second-order valence-electron chi connectivity index (χ2n) is 5.31. The molecule has 0 aliphatic carbocycles. The number of rotatable bonds is 2. The predicted octanol–water partition coefficient (Wildman–Crippen LogP) is 3.17. The van der Waals surface area contributed by atoms with E-state index in [2.05, 4.69) is 24.9 Å². The van der Waals surface area contributed by atoms with Crippen molar-refractivity contribution in [2.24, 2.45) is 0 Å². The normalized spacial score (nSPS) is 15.7. The van der Waals surface area contributed by atoms with Crippen LogP contribution < -0.4 is 15.2 Å². The first-order valence-electron chi connectivity index (χ1n) is 6.24. The number of aromatic nitrogens is 1. The number of fused-ring (bicyclic) bond motifs is 1. The number of hydrogen-bond acceptors (Lipinski definition) is 4. The van der Waals surface area contributed by atoms with Crippen LogP contribution in [0.5, 0.6) is 17.4 Å². The lowest BCUT2D eigenvalue weighted by molar-refractivity contribution is 0.135. The topological polar surface area (TPSA) is 57.4 Å². The van der Waals surface area contributed by atoms with Gasteiger partial charge >= 0.3 is 0 Å². The minimum atomic E-state index is -0.184. The third-order valence-corrected chi connectivity index (χ3v) is 3.03. The lowest BCUT2D eigenvalue weighted by Crippen LogP contribution is -2.24. The molecular weight excluding hydrogens is 240 g/mol. The van der Waals surface area contributed by atoms with Crippen molar-refractivity contribution in [1.82, 2.24) is 4.98 Å². The maximum atomic E-state index is 5.94. The Bertz CT molecular complexity index is 606. The minimum Gasteiger partial charge on any atom is -0.483 e. The van der Waals surface area contributed by atoms with Crippen LogP contribution in [0.3, 0.4) is 0 Å². The summed E-state index contributed by atoms with van der Waals surface area (Å²) in [5.74, 6) is 2.02. The molecule has 1 aromatic carbocycles. The summed E-state index contributed by atoms with van der Waals surface area (Å²) in [4.78, 5) is 4.13. The molecule has 0 saturated carbocycles. The van der Waals surface area contributed by atoms with Crippen LogP contribution >= 0.6 is 0 Å². The minimum absolute atomic E-state index is 0.184. The van der Waals surface area contributed by atoms with Crippen LogP contribution in [0.4, 0.5) is 5.69 Å². The standard InChI is InChI=1S/C15H16N2O2/c1-15(2)8-10-4-3-5-12(14(10)19-15)18-13-7-6-11(16)9-17-13/h3-7,9H,8,16H2,1-2H3. The Morgan fingerprint density at radius 3 is 2.84 bits per heavy atom. The van der Waals surface area contributed by atoms with Crippen molar-refractivity contribution in [2.75, 3.05) is 5.73 Å². The third kappa shape index (κ3) is 2.34. The van der Waals surface area contributed by atoms with Crippen molar-refractivity contribution in [3.05, 3.63) is 42.1 Å². The van der Waals surface area contributed by atoms with Gasteiger partial charge in [-0.3, -0.25) is 0 Å². The van der Waals surface area contributed by atoms with E-state index in [-0.39, 0.29) is 5.60 Å². The summed E-state index contributed by atoms with van der Waals surface area (Å²) in [6, 6.07) is 9.42. The zero-order valence-electron chi connectivity index (χ0n) is 11.0. The van der Waals surface area contributed by atoms with Gasteiger partial charge in [0, 0.05) is 18.1 Å². The maximum absolute atomic E-state index is 5.94. The van der Waals surface area contributed by atoms with E-state index in [1.165, 1.54) is 0 Å². The number of anilines is 1. The van der Waals surface area contributed by atoms with Gasteiger partial charge in [-0.2, -0.15) is 0 Å². The van der Waals surface area contributed by atoms with Gasteiger partial charge in [0.05, 0.1) is 11.9 Å². The molecule has 2 heterocycles. The van der Waals surface area contributed by atoms with Gasteiger partial charge in [-0.15, -0.1) is 0 Å². The summed E-state index contributed by atoms with van der Waals surface area (Å²) in [5.41, 5.74) is 7.20. The number of para-hydroxylation sites is 1. The molecule has 0 atom stereocenters. The largest absolute Gasteiger partial charge is 0.483 e. The van der Waals surface area contributed by atoms with Crippen LogP contribution in [0, 0.1) is 0 Å². The molecule has 0 radical (unpaired) electrons. The first kappa shape index (κ1) is 11.8. The Labute approximate surface area is 112 Å². The van der Waals surface area contributed by atoms with Crippen LogP contribution in [-0.2, 0) is 6.42 Å². The monoisotopic (exact) mass is 256 g/mol. The van der Waals surface area contributed by atoms with Gasteiger partial charge in [-0.25, -0.2) is 4.98 Å². The highest BCUT2D eigenvalue weighted by Crippen LogP contribution is 2.42. The molecule has 1 aromatic heterocycles. The van der Waals surface area contributed by atoms with E-state index < -0.39 is 0 Å². The zero-order chi connectivity index (χ0) is 13.5. The molecular formula is C15H16N2O2. The maximum Gasteiger partial charge on any atom is 0.219 e. The van der Waals surface area contributed by atoms with E-state index in [1.807, 2.05) is 12.1 Å². The highest BCUT2D eigenvalue weighted by atomic mass is 16.5. The van der Waals surface area contributed by atoms with Gasteiger partial charge in [-0.05, 0) is 26.0 Å². The second-order valence-corrected chi connectivity index (χ2v) is 5.31. The van der Waals surface area contributed by atoms with Crippen LogP contribution in [0.2, 0.25) is 0 Å². The second kappa shape index (κ2) is 4.16. The van der Waals surface area contributed by atoms with Gasteiger partial charge in [0.25, 0.3) is 0 Å². The summed E-state index contributed by atoms with van der Waals surface area (Å²) in [5, 5.41) is 0. The molecule has 2 aromatic rings. The number of pyridine rings is 1. The van der Waals surface area contributed by atoms with Crippen molar-refractivity contribution in [3.63, 3.8) is 0 Å². The van der Waals surface area contributed by atoms with Gasteiger partial charge < -0.3 is 15.2 Å². The molecule has 19 heavy (non-hydrogen) atoms. The Balaban J connectivity index is 1.91. The summed E-state index contributed by atoms with van der Waals surface area (Å²) >= 11 is 0. The molecule has 1 aliphatic heterocycles. The fourth-order valence-electron chi connectivity index (χ4n) is 2.23. The molecule has 1 aliphatic rings. The number of nitrogen functional groups attached to an aromatic ring is 1. The van der Waals surface area contributed by atoms with Crippen molar-refractivity contribution in [3.8, 4) is 17.4 Å². The van der Waals surface area contributed by atoms with Crippen LogP contribution in [-0.4, -0.2) is 10.6 Å². The molecule has 4 heteroatoms. The Morgan fingerprint density at radius 2 is 2.11 bits per heavy atom. The number of nitrogens with two attached hydrogens (primary N) is 1. The first-order chi connectivity index (χ1) is 9.03. The van der Waals surface area contributed by atoms with Crippen LogP contribution in [0.15, 0.2) is 36.5 Å². The Morgan fingerprint density at radius 1 is 1.26 bits per heavy atom. The fourth-order valence-corrected chi connectivity index (χ4v) is 2.23. The number of benzene rings is 1. The SMILES string of the molecule is CC1(C)Cc2cccc(Oc3ccc(N)cn3)c2O1. The molecule has 2 N–H and O–H groups in total. The third-order valence-electron chi connectivity index (χ3n) is 3.03. The number of ether oxygens (including phenoxy) is 2. The molecule has 98 valence electrons. The fraction of sp³-hybridized carbons (Fsp3) is 0.267.